The largest absolute Gasteiger partial charge is 0.391 e. The fourth-order valence-corrected chi connectivity index (χ4v) is 5.38. The number of rotatable bonds is 3. The molecule has 3 fully saturated rings. The summed E-state index contributed by atoms with van der Waals surface area (Å²) in [7, 11) is 0. The van der Waals surface area contributed by atoms with E-state index in [0.29, 0.717) is 23.4 Å². The predicted octanol–water partition coefficient (Wildman–Crippen LogP) is 4.58. The Kier molecular flexibility index (Phi) is 6.05. The number of fused-ring (bicyclic) bond motifs is 2. The van der Waals surface area contributed by atoms with Crippen molar-refractivity contribution in [3.63, 3.8) is 0 Å². The van der Waals surface area contributed by atoms with Crippen molar-refractivity contribution < 1.29 is 31.8 Å². The Morgan fingerprint density at radius 3 is 2.63 bits per heavy atom. The van der Waals surface area contributed by atoms with Crippen LogP contribution in [0, 0.1) is 23.6 Å². The van der Waals surface area contributed by atoms with E-state index >= 15 is 0 Å². The number of alkyl halides is 3. The zero-order chi connectivity index (χ0) is 26.7. The van der Waals surface area contributed by atoms with E-state index in [1.807, 2.05) is 0 Å². The molecule has 0 bridgehead atoms. The molecule has 1 N–H and O–H groups in total. The molecule has 3 aromatic rings. The average Bonchev–Trinajstić information content (AvgIpc) is 3.62. The van der Waals surface area contributed by atoms with Crippen LogP contribution in [0.4, 0.5) is 23.4 Å². The lowest BCUT2D eigenvalue weighted by Crippen LogP contribution is -2.28. The summed E-state index contributed by atoms with van der Waals surface area (Å²) >= 11 is 0. The summed E-state index contributed by atoms with van der Waals surface area (Å²) in [5.74, 6) is 3.51. The number of benzene rings is 1. The summed E-state index contributed by atoms with van der Waals surface area (Å²) in [6, 6.07) is 5.83. The standard InChI is InChI=1S/C26H25F4N5O3/c1-25(2)37-20-18(10-7-14-5-3-4-6-17(14)27)36-24(21(20)38-25)35-13-33-19-22(31-12-32-23(19)35)34-16-9-8-15(11-16)26(28,29)30/h3-6,12-13,15-16,18,20-21,24H,8-9,11H2,1-2H3,(H,31,32,34)/t15?,16?,18-,20-,21-,24-/m1/s1. The first-order valence-corrected chi connectivity index (χ1v) is 12.4. The lowest BCUT2D eigenvalue weighted by Gasteiger charge is -2.23. The Morgan fingerprint density at radius 1 is 1.08 bits per heavy atom. The molecule has 2 unspecified atom stereocenters. The van der Waals surface area contributed by atoms with Crippen LogP contribution < -0.4 is 5.32 Å². The van der Waals surface area contributed by atoms with Crippen LogP contribution in [0.25, 0.3) is 11.2 Å². The van der Waals surface area contributed by atoms with Gasteiger partial charge in [-0.05, 0) is 45.2 Å². The first-order chi connectivity index (χ1) is 18.1. The highest BCUT2D eigenvalue weighted by Crippen LogP contribution is 2.44. The van der Waals surface area contributed by atoms with E-state index in [1.54, 1.807) is 36.6 Å². The molecule has 8 nitrogen and oxygen atoms in total. The minimum absolute atomic E-state index is 0.0200. The zero-order valence-electron chi connectivity index (χ0n) is 20.6. The molecule has 12 heteroatoms. The Balaban J connectivity index is 1.28. The van der Waals surface area contributed by atoms with Gasteiger partial charge < -0.3 is 19.5 Å². The molecule has 1 aromatic carbocycles. The van der Waals surface area contributed by atoms with Crippen molar-refractivity contribution in [2.45, 2.75) is 75.7 Å². The van der Waals surface area contributed by atoms with Gasteiger partial charge in [0.25, 0.3) is 0 Å². The molecular weight excluding hydrogens is 506 g/mol. The maximum Gasteiger partial charge on any atom is 0.391 e. The minimum Gasteiger partial charge on any atom is -0.365 e. The summed E-state index contributed by atoms with van der Waals surface area (Å²) in [6.07, 6.45) is -3.46. The number of imidazole rings is 1. The van der Waals surface area contributed by atoms with E-state index in [0.717, 1.165) is 0 Å². The van der Waals surface area contributed by atoms with Crippen LogP contribution in [0.1, 0.15) is 44.9 Å². The van der Waals surface area contributed by atoms with Crippen molar-refractivity contribution >= 4 is 17.0 Å². The van der Waals surface area contributed by atoms with Gasteiger partial charge >= 0.3 is 6.18 Å². The molecule has 0 spiro atoms. The van der Waals surface area contributed by atoms with Gasteiger partial charge in [-0.1, -0.05) is 24.0 Å². The van der Waals surface area contributed by atoms with Gasteiger partial charge in [-0.3, -0.25) is 4.57 Å². The van der Waals surface area contributed by atoms with Gasteiger partial charge in [0.1, 0.15) is 30.5 Å². The number of ether oxygens (including phenoxy) is 3. The quantitative estimate of drug-likeness (QED) is 0.392. The first kappa shape index (κ1) is 25.0. The summed E-state index contributed by atoms with van der Waals surface area (Å²) in [4.78, 5) is 13.0. The third kappa shape index (κ3) is 4.59. The Bertz CT molecular complexity index is 1420. The van der Waals surface area contributed by atoms with Crippen LogP contribution in [0.5, 0.6) is 0 Å². The molecular formula is C26H25F4N5O3. The van der Waals surface area contributed by atoms with Crippen LogP contribution in [0.3, 0.4) is 0 Å². The Morgan fingerprint density at radius 2 is 1.87 bits per heavy atom. The molecule has 6 atom stereocenters. The topological polar surface area (TPSA) is 83.3 Å². The second-order valence-corrected chi connectivity index (χ2v) is 10.2. The summed E-state index contributed by atoms with van der Waals surface area (Å²) in [6.45, 7) is 3.57. The number of halogens is 4. The molecule has 38 heavy (non-hydrogen) atoms. The molecule has 4 heterocycles. The number of nitrogens with one attached hydrogen (secondary N) is 1. The average molecular weight is 532 g/mol. The summed E-state index contributed by atoms with van der Waals surface area (Å²) in [5, 5.41) is 3.12. The molecule has 2 aromatic heterocycles. The first-order valence-electron chi connectivity index (χ1n) is 12.4. The molecule has 0 radical (unpaired) electrons. The lowest BCUT2D eigenvalue weighted by molar-refractivity contribution is -0.190. The number of anilines is 1. The van der Waals surface area contributed by atoms with Crippen molar-refractivity contribution in [2.75, 3.05) is 5.32 Å². The van der Waals surface area contributed by atoms with Gasteiger partial charge in [0.15, 0.2) is 29.0 Å². The normalized spacial score (nSPS) is 30.3. The maximum absolute atomic E-state index is 14.1. The molecule has 0 amide bonds. The molecule has 6 rings (SSSR count). The van der Waals surface area contributed by atoms with Crippen LogP contribution >= 0.6 is 0 Å². The van der Waals surface area contributed by atoms with E-state index < -0.39 is 48.2 Å². The molecule has 3 aliphatic rings. The van der Waals surface area contributed by atoms with Crippen LogP contribution in [-0.2, 0) is 14.2 Å². The second kappa shape index (κ2) is 9.18. The molecule has 1 saturated carbocycles. The highest BCUT2D eigenvalue weighted by Gasteiger charge is 2.56. The van der Waals surface area contributed by atoms with Gasteiger partial charge in [-0.25, -0.2) is 19.3 Å². The van der Waals surface area contributed by atoms with Gasteiger partial charge in [0, 0.05) is 6.04 Å². The SMILES string of the molecule is CC1(C)O[C@@H]2[C@H](O1)[C@@H](C#Cc1ccccc1F)O[C@H]2n1cnc2c(NC3CCC(C(F)(F)F)C3)ncnc21. The van der Waals surface area contributed by atoms with Crippen molar-refractivity contribution in [3.05, 3.63) is 48.3 Å². The molecule has 2 saturated heterocycles. The highest BCUT2D eigenvalue weighted by molar-refractivity contribution is 5.82. The molecule has 1 aliphatic carbocycles. The Hall–Kier alpha value is -3.27. The minimum atomic E-state index is -4.21. The van der Waals surface area contributed by atoms with Crippen molar-refractivity contribution in [3.8, 4) is 11.8 Å². The van der Waals surface area contributed by atoms with E-state index in [-0.39, 0.29) is 24.4 Å². The number of nitrogens with zero attached hydrogens (tertiary/aromatic N) is 4. The van der Waals surface area contributed by atoms with Crippen molar-refractivity contribution in [1.29, 1.82) is 0 Å². The maximum atomic E-state index is 14.1. The Labute approximate surface area is 215 Å². The van der Waals surface area contributed by atoms with Crippen LogP contribution in [-0.4, -0.2) is 55.8 Å². The van der Waals surface area contributed by atoms with Crippen molar-refractivity contribution in [1.82, 2.24) is 19.5 Å². The van der Waals surface area contributed by atoms with Gasteiger partial charge in [-0.2, -0.15) is 13.2 Å². The lowest BCUT2D eigenvalue weighted by atomic mass is 10.1. The van der Waals surface area contributed by atoms with Gasteiger partial charge in [0.05, 0.1) is 17.8 Å². The third-order valence-electron chi connectivity index (χ3n) is 7.12. The smallest absolute Gasteiger partial charge is 0.365 e. The molecule has 200 valence electrons. The number of hydrogen-bond donors (Lipinski definition) is 1. The van der Waals surface area contributed by atoms with E-state index in [9.17, 15) is 17.6 Å². The van der Waals surface area contributed by atoms with Crippen LogP contribution in [0.15, 0.2) is 36.9 Å². The predicted molar refractivity (Wildman–Crippen MR) is 127 cm³/mol. The number of aromatic nitrogens is 4. The highest BCUT2D eigenvalue weighted by atomic mass is 19.4. The van der Waals surface area contributed by atoms with Crippen molar-refractivity contribution in [2.24, 2.45) is 5.92 Å². The second-order valence-electron chi connectivity index (χ2n) is 10.2. The zero-order valence-corrected chi connectivity index (χ0v) is 20.6. The monoisotopic (exact) mass is 531 g/mol. The fraction of sp³-hybridized carbons (Fsp3) is 0.500. The fourth-order valence-electron chi connectivity index (χ4n) is 5.38. The third-order valence-corrected chi connectivity index (χ3v) is 7.12. The molecule has 2 aliphatic heterocycles. The van der Waals surface area contributed by atoms with E-state index in [4.69, 9.17) is 14.2 Å². The number of hydrogen-bond acceptors (Lipinski definition) is 7. The van der Waals surface area contributed by atoms with E-state index in [2.05, 4.69) is 32.1 Å². The van der Waals surface area contributed by atoms with Crippen LogP contribution in [0.2, 0.25) is 0 Å². The van der Waals surface area contributed by atoms with E-state index in [1.165, 1.54) is 18.7 Å². The van der Waals surface area contributed by atoms with Gasteiger partial charge in [0.2, 0.25) is 0 Å². The summed E-state index contributed by atoms with van der Waals surface area (Å²) < 4.78 is 73.6. The van der Waals surface area contributed by atoms with Gasteiger partial charge in [-0.15, -0.1) is 0 Å². The summed E-state index contributed by atoms with van der Waals surface area (Å²) in [5.41, 5.74) is 1.07.